The molecule has 124 valence electrons. The lowest BCUT2D eigenvalue weighted by Gasteiger charge is -2.23. The Balaban J connectivity index is 2.11. The molecule has 2 rings (SSSR count). The van der Waals surface area contributed by atoms with Crippen molar-refractivity contribution in [1.29, 1.82) is 0 Å². The van der Waals surface area contributed by atoms with Crippen LogP contribution in [0.2, 0.25) is 0 Å². The van der Waals surface area contributed by atoms with Crippen LogP contribution in [0.4, 0.5) is 5.13 Å². The number of ether oxygens (including phenoxy) is 1. The molecule has 1 aliphatic rings. The van der Waals surface area contributed by atoms with Crippen LogP contribution in [0.1, 0.15) is 35.1 Å². The molecule has 7 nitrogen and oxygen atoms in total. The number of thiazole rings is 1. The summed E-state index contributed by atoms with van der Waals surface area (Å²) in [4.78, 5) is 39.8. The van der Waals surface area contributed by atoms with Crippen LogP contribution in [0.5, 0.6) is 0 Å². The van der Waals surface area contributed by atoms with Crippen molar-refractivity contribution in [2.45, 2.75) is 26.7 Å². The number of anilines is 1. The first-order chi connectivity index (χ1) is 10.9. The van der Waals surface area contributed by atoms with E-state index in [2.05, 4.69) is 10.3 Å². The molecule has 2 N–H and O–H groups in total. The van der Waals surface area contributed by atoms with Crippen molar-refractivity contribution < 1.29 is 24.2 Å². The molecule has 23 heavy (non-hydrogen) atoms. The summed E-state index contributed by atoms with van der Waals surface area (Å²) in [5.74, 6) is -3.26. The molecule has 0 fully saturated rings. The van der Waals surface area contributed by atoms with Gasteiger partial charge in [-0.1, -0.05) is 23.5 Å². The third kappa shape index (κ3) is 3.95. The van der Waals surface area contributed by atoms with Crippen LogP contribution < -0.4 is 5.32 Å². The maximum Gasteiger partial charge on any atom is 0.350 e. The second kappa shape index (κ2) is 7.36. The molecule has 1 aromatic heterocycles. The summed E-state index contributed by atoms with van der Waals surface area (Å²) in [5, 5.41) is 12.1. The number of hydrogen-bond acceptors (Lipinski definition) is 6. The molecule has 0 unspecified atom stereocenters. The highest BCUT2D eigenvalue weighted by atomic mass is 32.1. The Kier molecular flexibility index (Phi) is 5.49. The second-order valence-corrected chi connectivity index (χ2v) is 6.14. The average molecular weight is 338 g/mol. The Bertz CT molecular complexity index is 652. The van der Waals surface area contributed by atoms with E-state index in [1.165, 1.54) is 0 Å². The van der Waals surface area contributed by atoms with E-state index in [-0.39, 0.29) is 11.7 Å². The lowest BCUT2D eigenvalue weighted by atomic mass is 9.82. The fourth-order valence-electron chi connectivity index (χ4n) is 2.41. The maximum absolute atomic E-state index is 12.3. The van der Waals surface area contributed by atoms with E-state index < -0.39 is 29.7 Å². The van der Waals surface area contributed by atoms with Crippen LogP contribution in [0.25, 0.3) is 0 Å². The Morgan fingerprint density at radius 1 is 1.35 bits per heavy atom. The highest BCUT2D eigenvalue weighted by molar-refractivity contribution is 7.17. The maximum atomic E-state index is 12.3. The molecule has 0 aliphatic heterocycles. The third-order valence-electron chi connectivity index (χ3n) is 3.57. The summed E-state index contributed by atoms with van der Waals surface area (Å²) >= 11 is 1.03. The Labute approximate surface area is 137 Å². The van der Waals surface area contributed by atoms with E-state index >= 15 is 0 Å². The molecule has 0 radical (unpaired) electrons. The number of hydrogen-bond donors (Lipinski definition) is 2. The normalized spacial score (nSPS) is 20.1. The molecule has 0 aromatic carbocycles. The first kappa shape index (κ1) is 17.1. The van der Waals surface area contributed by atoms with E-state index in [1.807, 2.05) is 0 Å². The van der Waals surface area contributed by atoms with Crippen molar-refractivity contribution in [3.63, 3.8) is 0 Å². The molecule has 8 heteroatoms. The van der Waals surface area contributed by atoms with Crippen LogP contribution in [0.15, 0.2) is 12.2 Å². The zero-order valence-corrected chi connectivity index (χ0v) is 13.7. The number of nitrogens with one attached hydrogen (secondary N) is 1. The van der Waals surface area contributed by atoms with Gasteiger partial charge < -0.3 is 15.2 Å². The summed E-state index contributed by atoms with van der Waals surface area (Å²) in [6.07, 6.45) is 4.28. The van der Waals surface area contributed by atoms with E-state index in [9.17, 15) is 19.5 Å². The number of aliphatic carboxylic acids is 1. The summed E-state index contributed by atoms with van der Waals surface area (Å²) in [6.45, 7) is 3.62. The predicted octanol–water partition coefficient (Wildman–Crippen LogP) is 2.23. The number of carboxylic acids is 1. The SMILES string of the molecule is CCOC(=O)c1sc(NC(=O)[C@H]2CC=CC[C@H]2C(=O)O)nc1C. The highest BCUT2D eigenvalue weighted by Gasteiger charge is 2.34. The van der Waals surface area contributed by atoms with E-state index in [4.69, 9.17) is 4.74 Å². The minimum atomic E-state index is -0.989. The van der Waals surface area contributed by atoms with Crippen LogP contribution in [0.3, 0.4) is 0 Å². The van der Waals surface area contributed by atoms with Gasteiger partial charge >= 0.3 is 11.9 Å². The van der Waals surface area contributed by atoms with Gasteiger partial charge in [-0.05, 0) is 26.7 Å². The third-order valence-corrected chi connectivity index (χ3v) is 4.63. The van der Waals surface area contributed by atoms with Crippen LogP contribution >= 0.6 is 11.3 Å². The minimum absolute atomic E-state index is 0.257. The second-order valence-electron chi connectivity index (χ2n) is 5.14. The van der Waals surface area contributed by atoms with E-state index in [0.29, 0.717) is 23.4 Å². The number of esters is 1. The smallest absolute Gasteiger partial charge is 0.350 e. The van der Waals surface area contributed by atoms with Gasteiger partial charge in [0.2, 0.25) is 5.91 Å². The monoisotopic (exact) mass is 338 g/mol. The van der Waals surface area contributed by atoms with E-state index in [1.54, 1.807) is 26.0 Å². The van der Waals surface area contributed by atoms with Gasteiger partial charge in [0.15, 0.2) is 5.13 Å². The van der Waals surface area contributed by atoms with Crippen molar-refractivity contribution in [3.8, 4) is 0 Å². The summed E-state index contributed by atoms with van der Waals surface area (Å²) in [5.41, 5.74) is 0.474. The van der Waals surface area contributed by atoms with Crippen molar-refractivity contribution in [3.05, 3.63) is 22.7 Å². The standard InChI is InChI=1S/C15H18N2O5S/c1-3-22-14(21)11-8(2)16-15(23-11)17-12(18)9-6-4-5-7-10(9)13(19)20/h4-5,9-10H,3,6-7H2,1-2H3,(H,19,20)(H,16,17,18)/t9-,10+/m0/s1. The van der Waals surface area contributed by atoms with Gasteiger partial charge in [-0.25, -0.2) is 9.78 Å². The van der Waals surface area contributed by atoms with Gasteiger partial charge in [-0.3, -0.25) is 9.59 Å². The average Bonchev–Trinajstić information content (AvgIpc) is 2.88. The fourth-order valence-corrected chi connectivity index (χ4v) is 3.27. The number of nitrogens with zero attached hydrogens (tertiary/aromatic N) is 1. The zero-order valence-electron chi connectivity index (χ0n) is 12.9. The van der Waals surface area contributed by atoms with Crippen LogP contribution in [-0.2, 0) is 14.3 Å². The van der Waals surface area contributed by atoms with Crippen molar-refractivity contribution in [2.24, 2.45) is 11.8 Å². The summed E-state index contributed by atoms with van der Waals surface area (Å²) in [6, 6.07) is 0. The molecule has 1 aromatic rings. The summed E-state index contributed by atoms with van der Waals surface area (Å²) < 4.78 is 4.92. The van der Waals surface area contributed by atoms with Crippen LogP contribution in [0, 0.1) is 18.8 Å². The molecule has 1 amide bonds. The number of carbonyl (C=O) groups excluding carboxylic acids is 2. The molecular formula is C15H18N2O5S. The zero-order chi connectivity index (χ0) is 17.0. The molecule has 1 heterocycles. The van der Waals surface area contributed by atoms with Crippen LogP contribution in [-0.4, -0.2) is 34.5 Å². The van der Waals surface area contributed by atoms with Gasteiger partial charge in [0, 0.05) is 0 Å². The quantitative estimate of drug-likeness (QED) is 0.630. The molecule has 1 aliphatic carbocycles. The van der Waals surface area contributed by atoms with Gasteiger partial charge in [0.1, 0.15) is 4.88 Å². The Morgan fingerprint density at radius 3 is 2.61 bits per heavy atom. The van der Waals surface area contributed by atoms with Gasteiger partial charge in [0.25, 0.3) is 0 Å². The highest BCUT2D eigenvalue weighted by Crippen LogP contribution is 2.29. The Hall–Kier alpha value is -2.22. The number of aromatic nitrogens is 1. The Morgan fingerprint density at radius 2 is 2.00 bits per heavy atom. The van der Waals surface area contributed by atoms with Crippen molar-refractivity contribution in [2.75, 3.05) is 11.9 Å². The molecule has 0 spiro atoms. The number of allylic oxidation sites excluding steroid dienone is 2. The first-order valence-electron chi connectivity index (χ1n) is 7.27. The van der Waals surface area contributed by atoms with Crippen molar-refractivity contribution in [1.82, 2.24) is 4.98 Å². The largest absolute Gasteiger partial charge is 0.481 e. The first-order valence-corrected chi connectivity index (χ1v) is 8.08. The number of aryl methyl sites for hydroxylation is 1. The molecule has 0 bridgehead atoms. The van der Waals surface area contributed by atoms with Gasteiger partial charge in [0.05, 0.1) is 24.1 Å². The number of carboxylic acid groups (broad SMARTS) is 1. The van der Waals surface area contributed by atoms with E-state index in [0.717, 1.165) is 11.3 Å². The fraction of sp³-hybridized carbons (Fsp3) is 0.467. The topological polar surface area (TPSA) is 106 Å². The molecule has 2 atom stereocenters. The molecule has 0 saturated carbocycles. The number of amides is 1. The van der Waals surface area contributed by atoms with Gasteiger partial charge in [-0.15, -0.1) is 0 Å². The molecular weight excluding hydrogens is 320 g/mol. The lowest BCUT2D eigenvalue weighted by molar-refractivity contribution is -0.146. The number of rotatable bonds is 5. The summed E-state index contributed by atoms with van der Waals surface area (Å²) in [7, 11) is 0. The minimum Gasteiger partial charge on any atom is -0.481 e. The van der Waals surface area contributed by atoms with Crippen molar-refractivity contribution >= 4 is 34.3 Å². The number of carbonyl (C=O) groups is 3. The molecule has 0 saturated heterocycles. The lowest BCUT2D eigenvalue weighted by Crippen LogP contribution is -2.34. The predicted molar refractivity (Wildman–Crippen MR) is 84.4 cm³/mol. The van der Waals surface area contributed by atoms with Gasteiger partial charge in [-0.2, -0.15) is 0 Å².